The van der Waals surface area contributed by atoms with Crippen molar-refractivity contribution in [2.45, 2.75) is 25.9 Å². The Kier molecular flexibility index (Phi) is 3.74. The fourth-order valence-corrected chi connectivity index (χ4v) is 1.68. The molecule has 0 amide bonds. The van der Waals surface area contributed by atoms with Crippen molar-refractivity contribution in [1.29, 1.82) is 0 Å². The third kappa shape index (κ3) is 3.47. The van der Waals surface area contributed by atoms with E-state index in [1.54, 1.807) is 6.92 Å². The van der Waals surface area contributed by atoms with Crippen LogP contribution in [0.25, 0.3) is 0 Å². The predicted molar refractivity (Wildman–Crippen MR) is 58.3 cm³/mol. The minimum Gasteiger partial charge on any atom is -0.383 e. The highest BCUT2D eigenvalue weighted by molar-refractivity contribution is 14.1. The van der Waals surface area contributed by atoms with Crippen molar-refractivity contribution < 1.29 is 13.2 Å². The molecule has 0 saturated heterocycles. The standard InChI is InChI=1S/C8H9F3IN3/c1-2-4-6(12)7(13)15-5(14-4)3-8(9,10)11/h2-3H2,1H3,(H2,13,14,15). The molecule has 0 fully saturated rings. The minimum absolute atomic E-state index is 0.113. The molecule has 0 aliphatic carbocycles. The number of aromatic nitrogens is 2. The molecular weight excluding hydrogens is 322 g/mol. The van der Waals surface area contributed by atoms with E-state index in [0.717, 1.165) is 0 Å². The Bertz CT molecular complexity index is 365. The summed E-state index contributed by atoms with van der Waals surface area (Å²) in [6.07, 6.45) is -4.90. The highest BCUT2D eigenvalue weighted by Gasteiger charge is 2.29. The van der Waals surface area contributed by atoms with Crippen LogP contribution in [0.4, 0.5) is 19.0 Å². The number of nitrogens with zero attached hydrogens (tertiary/aromatic N) is 2. The molecule has 0 atom stereocenters. The Balaban J connectivity index is 3.06. The largest absolute Gasteiger partial charge is 0.396 e. The first kappa shape index (κ1) is 12.5. The van der Waals surface area contributed by atoms with Crippen molar-refractivity contribution in [1.82, 2.24) is 9.97 Å². The summed E-state index contributed by atoms with van der Waals surface area (Å²) in [7, 11) is 0. The molecule has 0 unspecified atom stereocenters. The van der Waals surface area contributed by atoms with E-state index in [1.807, 2.05) is 22.6 Å². The number of alkyl halides is 3. The van der Waals surface area contributed by atoms with E-state index >= 15 is 0 Å². The molecule has 15 heavy (non-hydrogen) atoms. The lowest BCUT2D eigenvalue weighted by Crippen LogP contribution is -2.16. The Morgan fingerprint density at radius 2 is 1.93 bits per heavy atom. The van der Waals surface area contributed by atoms with E-state index in [0.29, 0.717) is 15.7 Å². The zero-order valence-corrected chi connectivity index (χ0v) is 10.1. The molecule has 0 saturated carbocycles. The van der Waals surface area contributed by atoms with Crippen LogP contribution in [0.2, 0.25) is 0 Å². The molecule has 84 valence electrons. The maximum atomic E-state index is 12.1. The maximum Gasteiger partial charge on any atom is 0.396 e. The van der Waals surface area contributed by atoms with Crippen LogP contribution in [0, 0.1) is 3.57 Å². The lowest BCUT2D eigenvalue weighted by atomic mass is 10.3. The van der Waals surface area contributed by atoms with E-state index in [9.17, 15) is 13.2 Å². The van der Waals surface area contributed by atoms with E-state index in [2.05, 4.69) is 9.97 Å². The number of aryl methyl sites for hydroxylation is 1. The van der Waals surface area contributed by atoms with Crippen molar-refractivity contribution in [2.75, 3.05) is 5.73 Å². The molecule has 1 heterocycles. The molecule has 2 N–H and O–H groups in total. The van der Waals surface area contributed by atoms with Crippen molar-refractivity contribution in [3.63, 3.8) is 0 Å². The minimum atomic E-state index is -4.30. The monoisotopic (exact) mass is 331 g/mol. The van der Waals surface area contributed by atoms with Crippen LogP contribution in [-0.2, 0) is 12.8 Å². The second-order valence-corrected chi connectivity index (χ2v) is 4.01. The zero-order chi connectivity index (χ0) is 11.6. The molecule has 0 bridgehead atoms. The van der Waals surface area contributed by atoms with Crippen LogP contribution in [-0.4, -0.2) is 16.1 Å². The quantitative estimate of drug-likeness (QED) is 0.847. The van der Waals surface area contributed by atoms with Crippen LogP contribution in [0.15, 0.2) is 0 Å². The number of hydrogen-bond acceptors (Lipinski definition) is 3. The predicted octanol–water partition coefficient (Wildman–Crippen LogP) is 2.33. The third-order valence-electron chi connectivity index (χ3n) is 1.69. The van der Waals surface area contributed by atoms with Crippen molar-refractivity contribution in [2.24, 2.45) is 0 Å². The van der Waals surface area contributed by atoms with Crippen LogP contribution < -0.4 is 5.73 Å². The Morgan fingerprint density at radius 3 is 2.40 bits per heavy atom. The molecule has 1 aromatic rings. The van der Waals surface area contributed by atoms with E-state index in [1.165, 1.54) is 0 Å². The number of nitrogens with two attached hydrogens (primary N) is 1. The first-order chi connectivity index (χ1) is 6.83. The zero-order valence-electron chi connectivity index (χ0n) is 7.90. The molecule has 1 aromatic heterocycles. The van der Waals surface area contributed by atoms with Gasteiger partial charge in [-0.1, -0.05) is 6.92 Å². The van der Waals surface area contributed by atoms with Gasteiger partial charge < -0.3 is 5.73 Å². The first-order valence-corrected chi connectivity index (χ1v) is 5.29. The van der Waals surface area contributed by atoms with Crippen LogP contribution >= 0.6 is 22.6 Å². The van der Waals surface area contributed by atoms with Gasteiger partial charge in [-0.05, 0) is 29.0 Å². The van der Waals surface area contributed by atoms with Gasteiger partial charge in [0.1, 0.15) is 18.1 Å². The third-order valence-corrected chi connectivity index (χ3v) is 2.86. The average Bonchev–Trinajstić information content (AvgIpc) is 2.08. The second kappa shape index (κ2) is 4.50. The van der Waals surface area contributed by atoms with Gasteiger partial charge in [0.15, 0.2) is 0 Å². The van der Waals surface area contributed by atoms with Gasteiger partial charge in [0.2, 0.25) is 0 Å². The van der Waals surface area contributed by atoms with Gasteiger partial charge >= 0.3 is 6.18 Å². The molecule has 3 nitrogen and oxygen atoms in total. The molecule has 0 radical (unpaired) electrons. The Hall–Kier alpha value is -0.600. The summed E-state index contributed by atoms with van der Waals surface area (Å²) in [6, 6.07) is 0. The summed E-state index contributed by atoms with van der Waals surface area (Å²) in [5.41, 5.74) is 6.05. The maximum absolute atomic E-state index is 12.1. The highest BCUT2D eigenvalue weighted by Crippen LogP contribution is 2.22. The summed E-state index contributed by atoms with van der Waals surface area (Å²) in [4.78, 5) is 7.42. The van der Waals surface area contributed by atoms with E-state index in [4.69, 9.17) is 5.73 Å². The topological polar surface area (TPSA) is 51.8 Å². The molecule has 1 rings (SSSR count). The highest BCUT2D eigenvalue weighted by atomic mass is 127. The van der Waals surface area contributed by atoms with E-state index in [-0.39, 0.29) is 11.6 Å². The SMILES string of the molecule is CCc1nc(CC(F)(F)F)nc(N)c1I. The summed E-state index contributed by atoms with van der Waals surface area (Å²) < 4.78 is 36.9. The Labute approximate surface area is 98.4 Å². The van der Waals surface area contributed by atoms with Crippen LogP contribution in [0.5, 0.6) is 0 Å². The summed E-state index contributed by atoms with van der Waals surface area (Å²) in [6.45, 7) is 1.81. The summed E-state index contributed by atoms with van der Waals surface area (Å²) >= 11 is 1.93. The van der Waals surface area contributed by atoms with Gasteiger partial charge in [-0.3, -0.25) is 0 Å². The smallest absolute Gasteiger partial charge is 0.383 e. The fourth-order valence-electron chi connectivity index (χ4n) is 1.06. The van der Waals surface area contributed by atoms with Crippen LogP contribution in [0.1, 0.15) is 18.4 Å². The lowest BCUT2D eigenvalue weighted by molar-refractivity contribution is -0.128. The van der Waals surface area contributed by atoms with Gasteiger partial charge in [-0.2, -0.15) is 13.2 Å². The number of hydrogen-bond donors (Lipinski definition) is 1. The van der Waals surface area contributed by atoms with Crippen molar-refractivity contribution in [3.05, 3.63) is 15.1 Å². The van der Waals surface area contributed by atoms with Gasteiger partial charge in [0, 0.05) is 0 Å². The number of nitrogen functional groups attached to an aromatic ring is 1. The molecule has 0 aliphatic heterocycles. The lowest BCUT2D eigenvalue weighted by Gasteiger charge is -2.09. The van der Waals surface area contributed by atoms with Crippen LogP contribution in [0.3, 0.4) is 0 Å². The second-order valence-electron chi connectivity index (χ2n) is 2.93. The number of rotatable bonds is 2. The summed E-state index contributed by atoms with van der Waals surface area (Å²) in [5.74, 6) is -0.154. The molecule has 0 aliphatic rings. The molecule has 0 aromatic carbocycles. The normalized spacial score (nSPS) is 11.8. The van der Waals surface area contributed by atoms with Crippen molar-refractivity contribution >= 4 is 28.4 Å². The fraction of sp³-hybridized carbons (Fsp3) is 0.500. The van der Waals surface area contributed by atoms with Gasteiger partial charge in [-0.25, -0.2) is 9.97 Å². The van der Waals surface area contributed by atoms with Gasteiger partial charge in [-0.15, -0.1) is 0 Å². The number of halogens is 4. The molecule has 0 spiro atoms. The van der Waals surface area contributed by atoms with Gasteiger partial charge in [0.25, 0.3) is 0 Å². The number of anilines is 1. The van der Waals surface area contributed by atoms with Crippen molar-refractivity contribution in [3.8, 4) is 0 Å². The van der Waals surface area contributed by atoms with E-state index < -0.39 is 12.6 Å². The summed E-state index contributed by atoms with van der Waals surface area (Å²) in [5, 5.41) is 0. The first-order valence-electron chi connectivity index (χ1n) is 4.21. The Morgan fingerprint density at radius 1 is 1.33 bits per heavy atom. The molecule has 7 heteroatoms. The molecular formula is C8H9F3IN3. The van der Waals surface area contributed by atoms with Gasteiger partial charge in [0.05, 0.1) is 9.26 Å². The average molecular weight is 331 g/mol.